The number of hydrogen-bond acceptors (Lipinski definition) is 5. The van der Waals surface area contributed by atoms with Gasteiger partial charge in [0, 0.05) is 6.08 Å². The molecule has 0 saturated heterocycles. The molecule has 2 aromatic carbocycles. The van der Waals surface area contributed by atoms with E-state index in [1.165, 1.54) is 12.2 Å². The van der Waals surface area contributed by atoms with E-state index in [0.717, 1.165) is 10.4 Å². The third-order valence-corrected chi connectivity index (χ3v) is 17.4. The van der Waals surface area contributed by atoms with Gasteiger partial charge in [-0.2, -0.15) is 0 Å². The molecule has 0 amide bonds. The summed E-state index contributed by atoms with van der Waals surface area (Å²) in [5.41, 5.74) is 0. The predicted octanol–water partition coefficient (Wildman–Crippen LogP) is 5.95. The normalized spacial score (nSPS) is 19.7. The molecule has 210 valence electrons. The molecule has 0 unspecified atom stereocenters. The van der Waals surface area contributed by atoms with Crippen molar-refractivity contribution < 1.29 is 23.2 Å². The molecule has 5 nitrogen and oxygen atoms in total. The molecule has 0 fully saturated rings. The zero-order valence-corrected chi connectivity index (χ0v) is 26.9. The van der Waals surface area contributed by atoms with Gasteiger partial charge in [0.1, 0.15) is 18.3 Å². The Hall–Kier alpha value is -2.59. The van der Waals surface area contributed by atoms with E-state index >= 15 is 0 Å². The van der Waals surface area contributed by atoms with Crippen LogP contribution in [-0.2, 0) is 23.2 Å². The number of carbonyl (C=O) groups is 2. The Morgan fingerprint density at radius 1 is 0.897 bits per heavy atom. The number of carbonyl (C=O) groups excluding carboxylic acids is 2. The van der Waals surface area contributed by atoms with Gasteiger partial charge in [-0.3, -0.25) is 4.79 Å². The molecule has 2 aromatic rings. The molecule has 0 bridgehead atoms. The van der Waals surface area contributed by atoms with Crippen LogP contribution in [0.2, 0.25) is 23.2 Å². The van der Waals surface area contributed by atoms with Crippen molar-refractivity contribution in [3.05, 3.63) is 85.0 Å². The zero-order valence-electron chi connectivity index (χ0n) is 24.9. The lowest BCUT2D eigenvalue weighted by atomic mass is 10.1. The van der Waals surface area contributed by atoms with Crippen molar-refractivity contribution in [3.63, 3.8) is 0 Å². The van der Waals surface area contributed by atoms with Crippen LogP contribution in [0.1, 0.15) is 48.5 Å². The van der Waals surface area contributed by atoms with Crippen LogP contribution < -0.4 is 10.4 Å². The molecule has 1 aliphatic rings. The van der Waals surface area contributed by atoms with E-state index in [2.05, 4.69) is 78.9 Å². The van der Waals surface area contributed by atoms with Gasteiger partial charge in [-0.05, 0) is 58.7 Å². The van der Waals surface area contributed by atoms with Gasteiger partial charge in [-0.25, -0.2) is 4.79 Å². The Morgan fingerprint density at radius 3 is 1.87 bits per heavy atom. The number of ether oxygens (including phenoxy) is 1. The second kappa shape index (κ2) is 11.9. The molecular formula is C32H44O5Si2. The highest BCUT2D eigenvalue weighted by molar-refractivity contribution is 6.99. The molecule has 0 N–H and O–H groups in total. The Labute approximate surface area is 236 Å². The fourth-order valence-electron chi connectivity index (χ4n) is 4.64. The summed E-state index contributed by atoms with van der Waals surface area (Å²) in [5.74, 6) is -0.622. The van der Waals surface area contributed by atoms with Crippen LogP contribution in [0.3, 0.4) is 0 Å². The number of benzene rings is 2. The first-order chi connectivity index (χ1) is 18.1. The summed E-state index contributed by atoms with van der Waals surface area (Å²) in [6.45, 7) is 19.2. The van der Waals surface area contributed by atoms with E-state index < -0.39 is 40.9 Å². The van der Waals surface area contributed by atoms with Gasteiger partial charge in [-0.1, -0.05) is 102 Å². The molecule has 0 spiro atoms. The molecular weight excluding hydrogens is 521 g/mol. The molecule has 0 saturated carbocycles. The molecule has 3 rings (SSSR count). The van der Waals surface area contributed by atoms with Crippen molar-refractivity contribution in [1.29, 1.82) is 0 Å². The van der Waals surface area contributed by atoms with E-state index in [1.807, 2.05) is 43.3 Å². The topological polar surface area (TPSA) is 61.8 Å². The number of ketones is 1. The summed E-state index contributed by atoms with van der Waals surface area (Å²) in [5, 5.41) is 1.97. The van der Waals surface area contributed by atoms with Gasteiger partial charge in [0.05, 0.1) is 0 Å². The number of cyclic esters (lactones) is 1. The Kier molecular flexibility index (Phi) is 9.43. The summed E-state index contributed by atoms with van der Waals surface area (Å²) < 4.78 is 19.0. The Balaban J connectivity index is 1.91. The summed E-state index contributed by atoms with van der Waals surface area (Å²) in [6.07, 6.45) is 4.45. The van der Waals surface area contributed by atoms with E-state index in [4.69, 9.17) is 13.6 Å². The number of esters is 1. The van der Waals surface area contributed by atoms with Crippen LogP contribution in [0.15, 0.2) is 85.0 Å². The van der Waals surface area contributed by atoms with Gasteiger partial charge in [0.25, 0.3) is 8.32 Å². The quantitative estimate of drug-likeness (QED) is 0.214. The summed E-state index contributed by atoms with van der Waals surface area (Å²) >= 11 is 0. The maximum Gasteiger partial charge on any atom is 0.331 e. The maximum absolute atomic E-state index is 13.5. The van der Waals surface area contributed by atoms with Crippen molar-refractivity contribution in [2.45, 2.75) is 89.9 Å². The van der Waals surface area contributed by atoms with Gasteiger partial charge in [-0.15, -0.1) is 0 Å². The van der Waals surface area contributed by atoms with Crippen LogP contribution in [0, 0.1) is 0 Å². The maximum atomic E-state index is 13.5. The highest BCUT2D eigenvalue weighted by Gasteiger charge is 2.51. The summed E-state index contributed by atoms with van der Waals surface area (Å²) in [6, 6.07) is 20.5. The van der Waals surface area contributed by atoms with Gasteiger partial charge < -0.3 is 13.6 Å². The van der Waals surface area contributed by atoms with Crippen LogP contribution in [0.5, 0.6) is 0 Å². The minimum absolute atomic E-state index is 0.00940. The summed E-state index contributed by atoms with van der Waals surface area (Å²) in [4.78, 5) is 25.6. The summed E-state index contributed by atoms with van der Waals surface area (Å²) in [7, 11) is -5.03. The smallest absolute Gasteiger partial charge is 0.331 e. The van der Waals surface area contributed by atoms with E-state index in [-0.39, 0.29) is 15.9 Å². The highest BCUT2D eigenvalue weighted by atomic mass is 28.4. The molecule has 0 aromatic heterocycles. The van der Waals surface area contributed by atoms with Gasteiger partial charge in [0.15, 0.2) is 14.1 Å². The monoisotopic (exact) mass is 564 g/mol. The number of rotatable bonds is 9. The first-order valence-electron chi connectivity index (χ1n) is 13.7. The van der Waals surface area contributed by atoms with Crippen molar-refractivity contribution in [3.8, 4) is 0 Å². The SMILES string of the molecule is C[C@H](O[Si](c1ccccc1)(c1ccccc1)C(C)(C)C)C(=O)/C=C\[C@@H]1OC(=O)C=C[C@@H]1O[Si](C)(C)C(C)(C)C. The molecule has 1 heterocycles. The standard InChI is InChI=1S/C32H44O5Si2/c1-24(27(33)20-21-28-29(22-23-30(34)35-28)37-38(8,9)31(2,3)4)36-39(32(5,6)7,25-16-12-10-13-17-25)26-18-14-11-15-19-26/h10-24,28-29H,1-9H3/b21-20-/t24-,28-,29-/m0/s1. The average Bonchev–Trinajstić information content (AvgIpc) is 2.86. The molecule has 39 heavy (non-hydrogen) atoms. The lowest BCUT2D eigenvalue weighted by molar-refractivity contribution is -0.145. The van der Waals surface area contributed by atoms with Gasteiger partial charge in [0.2, 0.25) is 0 Å². The van der Waals surface area contributed by atoms with Crippen LogP contribution in [-0.4, -0.2) is 46.7 Å². The predicted molar refractivity (Wildman–Crippen MR) is 163 cm³/mol. The van der Waals surface area contributed by atoms with Crippen molar-refractivity contribution in [1.82, 2.24) is 0 Å². The van der Waals surface area contributed by atoms with Crippen molar-refractivity contribution in [2.75, 3.05) is 0 Å². The lowest BCUT2D eigenvalue weighted by Gasteiger charge is -2.44. The minimum atomic E-state index is -2.89. The Morgan fingerprint density at radius 2 is 1.41 bits per heavy atom. The largest absolute Gasteiger partial charge is 0.452 e. The molecule has 3 atom stereocenters. The van der Waals surface area contributed by atoms with Gasteiger partial charge >= 0.3 is 5.97 Å². The highest BCUT2D eigenvalue weighted by Crippen LogP contribution is 2.39. The second-order valence-electron chi connectivity index (χ2n) is 12.8. The Bertz CT molecular complexity index is 1150. The number of hydrogen-bond donors (Lipinski definition) is 0. The first-order valence-corrected chi connectivity index (χ1v) is 18.5. The second-order valence-corrected chi connectivity index (χ2v) is 21.8. The average molecular weight is 565 g/mol. The zero-order chi connectivity index (χ0) is 29.1. The molecule has 1 aliphatic heterocycles. The molecule has 7 heteroatoms. The van der Waals surface area contributed by atoms with E-state index in [0.29, 0.717) is 0 Å². The molecule has 0 aliphatic carbocycles. The first kappa shape index (κ1) is 30.9. The minimum Gasteiger partial charge on any atom is -0.452 e. The molecule has 0 radical (unpaired) electrons. The third kappa shape index (κ3) is 6.95. The van der Waals surface area contributed by atoms with Crippen LogP contribution in [0.4, 0.5) is 0 Å². The van der Waals surface area contributed by atoms with Crippen LogP contribution in [0.25, 0.3) is 0 Å². The van der Waals surface area contributed by atoms with E-state index in [1.54, 1.807) is 12.2 Å². The lowest BCUT2D eigenvalue weighted by Crippen LogP contribution is -2.68. The van der Waals surface area contributed by atoms with Crippen LogP contribution >= 0.6 is 0 Å². The van der Waals surface area contributed by atoms with Crippen molar-refractivity contribution >= 4 is 38.8 Å². The fourth-order valence-corrected chi connectivity index (χ4v) is 10.5. The fraction of sp³-hybridized carbons (Fsp3) is 0.438. The van der Waals surface area contributed by atoms with E-state index in [9.17, 15) is 9.59 Å². The van der Waals surface area contributed by atoms with Crippen molar-refractivity contribution in [2.24, 2.45) is 0 Å². The third-order valence-electron chi connectivity index (χ3n) is 7.86.